The van der Waals surface area contributed by atoms with Gasteiger partial charge in [0, 0.05) is 22.6 Å². The highest BCUT2D eigenvalue weighted by Gasteiger charge is 2.21. The van der Waals surface area contributed by atoms with Crippen molar-refractivity contribution < 1.29 is 4.74 Å². The molecule has 2 aromatic carbocycles. The zero-order chi connectivity index (χ0) is 13.8. The number of ether oxygens (including phenoxy) is 1. The summed E-state index contributed by atoms with van der Waals surface area (Å²) in [7, 11) is 0. The molecule has 0 spiro atoms. The van der Waals surface area contributed by atoms with E-state index in [0.717, 1.165) is 24.5 Å². The van der Waals surface area contributed by atoms with Gasteiger partial charge in [-0.15, -0.1) is 11.8 Å². The first kappa shape index (κ1) is 13.4. The van der Waals surface area contributed by atoms with Gasteiger partial charge in [-0.25, -0.2) is 0 Å². The molecule has 1 atom stereocenters. The molecule has 0 radical (unpaired) electrons. The largest absolute Gasteiger partial charge is 0.493 e. The Kier molecular flexibility index (Phi) is 4.16. The number of anilines is 1. The van der Waals surface area contributed by atoms with Gasteiger partial charge in [-0.2, -0.15) is 0 Å². The van der Waals surface area contributed by atoms with Crippen molar-refractivity contribution >= 4 is 17.4 Å². The smallest absolute Gasteiger partial charge is 0.124 e. The predicted octanol–water partition coefficient (Wildman–Crippen LogP) is 4.73. The Bertz CT molecular complexity index is 585. The maximum atomic E-state index is 5.72. The number of rotatable bonds is 4. The van der Waals surface area contributed by atoms with E-state index >= 15 is 0 Å². The van der Waals surface area contributed by atoms with Crippen molar-refractivity contribution in [1.82, 2.24) is 0 Å². The Labute approximate surface area is 124 Å². The lowest BCUT2D eigenvalue weighted by molar-refractivity contribution is 0.274. The van der Waals surface area contributed by atoms with Crippen molar-refractivity contribution in [2.24, 2.45) is 0 Å². The summed E-state index contributed by atoms with van der Waals surface area (Å²) in [5, 5.41) is 3.69. The number of benzene rings is 2. The van der Waals surface area contributed by atoms with Crippen LogP contribution >= 0.6 is 11.8 Å². The highest BCUT2D eigenvalue weighted by molar-refractivity contribution is 7.99. The number of hydrogen-bond acceptors (Lipinski definition) is 3. The first-order valence-electron chi connectivity index (χ1n) is 7.08. The molecule has 0 saturated heterocycles. The summed E-state index contributed by atoms with van der Waals surface area (Å²) in [4.78, 5) is 1.32. The maximum absolute atomic E-state index is 5.72. The maximum Gasteiger partial charge on any atom is 0.124 e. The number of para-hydroxylation sites is 2. The van der Waals surface area contributed by atoms with Crippen LogP contribution in [-0.2, 0) is 0 Å². The molecule has 0 bridgehead atoms. The molecule has 0 aromatic heterocycles. The molecule has 2 nitrogen and oxygen atoms in total. The lowest BCUT2D eigenvalue weighted by Crippen LogP contribution is -2.20. The second-order valence-electron chi connectivity index (χ2n) is 4.80. The number of hydrogen-bond donors (Lipinski definition) is 1. The molecule has 1 unspecified atom stereocenters. The van der Waals surface area contributed by atoms with E-state index in [9.17, 15) is 0 Å². The van der Waals surface area contributed by atoms with Crippen LogP contribution in [0, 0.1) is 0 Å². The fraction of sp³-hybridized carbons (Fsp3) is 0.294. The number of fused-ring (bicyclic) bond motifs is 1. The van der Waals surface area contributed by atoms with Gasteiger partial charge in [0.15, 0.2) is 0 Å². The molecule has 3 heteroatoms. The van der Waals surface area contributed by atoms with Gasteiger partial charge >= 0.3 is 0 Å². The summed E-state index contributed by atoms with van der Waals surface area (Å²) >= 11 is 1.88. The molecule has 20 heavy (non-hydrogen) atoms. The lowest BCUT2D eigenvalue weighted by Gasteiger charge is -2.28. The third kappa shape index (κ3) is 2.78. The van der Waals surface area contributed by atoms with Crippen LogP contribution in [0.25, 0.3) is 0 Å². The van der Waals surface area contributed by atoms with Crippen LogP contribution in [0.3, 0.4) is 0 Å². The summed E-state index contributed by atoms with van der Waals surface area (Å²) in [5.74, 6) is 2.10. The van der Waals surface area contributed by atoms with Crippen molar-refractivity contribution in [1.29, 1.82) is 0 Å². The first-order valence-corrected chi connectivity index (χ1v) is 8.07. The molecule has 1 N–H and O–H groups in total. The topological polar surface area (TPSA) is 21.3 Å². The quantitative estimate of drug-likeness (QED) is 0.820. The summed E-state index contributed by atoms with van der Waals surface area (Å²) in [6.07, 6.45) is 1.00. The van der Waals surface area contributed by atoms with Crippen molar-refractivity contribution in [3.63, 3.8) is 0 Å². The molecule has 1 heterocycles. The third-order valence-electron chi connectivity index (χ3n) is 3.48. The van der Waals surface area contributed by atoms with Gasteiger partial charge in [-0.3, -0.25) is 0 Å². The average Bonchev–Trinajstić information content (AvgIpc) is 2.50. The van der Waals surface area contributed by atoms with Crippen LogP contribution in [0.2, 0.25) is 0 Å². The monoisotopic (exact) mass is 285 g/mol. The van der Waals surface area contributed by atoms with E-state index in [0.29, 0.717) is 6.04 Å². The lowest BCUT2D eigenvalue weighted by atomic mass is 10.0. The fourth-order valence-corrected chi connectivity index (χ4v) is 3.32. The molecule has 2 aromatic rings. The number of thioether (sulfide) groups is 1. The van der Waals surface area contributed by atoms with Gasteiger partial charge in [-0.1, -0.05) is 37.3 Å². The highest BCUT2D eigenvalue weighted by atomic mass is 32.2. The van der Waals surface area contributed by atoms with Crippen LogP contribution < -0.4 is 10.1 Å². The average molecular weight is 285 g/mol. The molecule has 1 aliphatic heterocycles. The first-order chi connectivity index (χ1) is 9.88. The Balaban J connectivity index is 1.86. The molecule has 0 saturated carbocycles. The van der Waals surface area contributed by atoms with E-state index in [1.807, 2.05) is 17.8 Å². The van der Waals surface area contributed by atoms with E-state index in [1.165, 1.54) is 16.1 Å². The van der Waals surface area contributed by atoms with Crippen LogP contribution in [0.1, 0.15) is 24.9 Å². The van der Waals surface area contributed by atoms with Gasteiger partial charge in [0.05, 0.1) is 12.6 Å². The summed E-state index contributed by atoms with van der Waals surface area (Å²) in [6, 6.07) is 17.2. The minimum Gasteiger partial charge on any atom is -0.493 e. The van der Waals surface area contributed by atoms with Gasteiger partial charge in [0.25, 0.3) is 0 Å². The molecular formula is C17H19NOS. The van der Waals surface area contributed by atoms with Gasteiger partial charge in [0.1, 0.15) is 5.75 Å². The fourth-order valence-electron chi connectivity index (χ4n) is 2.55. The Morgan fingerprint density at radius 1 is 1.15 bits per heavy atom. The molecule has 3 rings (SSSR count). The minimum atomic E-state index is 0.332. The van der Waals surface area contributed by atoms with Gasteiger partial charge in [-0.05, 0) is 24.0 Å². The van der Waals surface area contributed by atoms with Gasteiger partial charge < -0.3 is 10.1 Å². The molecule has 0 fully saturated rings. The molecule has 104 valence electrons. The molecular weight excluding hydrogens is 266 g/mol. The summed E-state index contributed by atoms with van der Waals surface area (Å²) < 4.78 is 5.72. The highest BCUT2D eigenvalue weighted by Crippen LogP contribution is 2.36. The van der Waals surface area contributed by atoms with Crippen molar-refractivity contribution in [2.45, 2.75) is 24.3 Å². The Morgan fingerprint density at radius 2 is 1.95 bits per heavy atom. The van der Waals surface area contributed by atoms with E-state index in [4.69, 9.17) is 4.74 Å². The van der Waals surface area contributed by atoms with E-state index < -0.39 is 0 Å². The van der Waals surface area contributed by atoms with Crippen molar-refractivity contribution in [2.75, 3.05) is 17.7 Å². The standard InChI is InChI=1S/C17H19NOS/c1-2-20-17-10-6-4-8-15(17)18-14-11-12-19-16-9-5-3-7-13(14)16/h3-10,14,18H,2,11-12H2,1H3. The van der Waals surface area contributed by atoms with E-state index in [2.05, 4.69) is 54.7 Å². The van der Waals surface area contributed by atoms with E-state index in [1.54, 1.807) is 0 Å². The minimum absolute atomic E-state index is 0.332. The molecule has 1 aliphatic rings. The van der Waals surface area contributed by atoms with Crippen molar-refractivity contribution in [3.8, 4) is 5.75 Å². The SMILES string of the molecule is CCSc1ccccc1NC1CCOc2ccccc21. The second-order valence-corrected chi connectivity index (χ2v) is 6.11. The third-order valence-corrected chi connectivity index (χ3v) is 4.43. The second kappa shape index (κ2) is 6.23. The zero-order valence-electron chi connectivity index (χ0n) is 11.6. The predicted molar refractivity (Wildman–Crippen MR) is 85.8 cm³/mol. The van der Waals surface area contributed by atoms with Crippen molar-refractivity contribution in [3.05, 3.63) is 54.1 Å². The van der Waals surface area contributed by atoms with Gasteiger partial charge in [0.2, 0.25) is 0 Å². The zero-order valence-corrected chi connectivity index (χ0v) is 12.5. The summed E-state index contributed by atoms with van der Waals surface area (Å²) in [6.45, 7) is 2.96. The summed E-state index contributed by atoms with van der Waals surface area (Å²) in [5.41, 5.74) is 2.48. The van der Waals surface area contributed by atoms with Crippen LogP contribution in [-0.4, -0.2) is 12.4 Å². The van der Waals surface area contributed by atoms with Crippen LogP contribution in [0.4, 0.5) is 5.69 Å². The van der Waals surface area contributed by atoms with E-state index in [-0.39, 0.29) is 0 Å². The van der Waals surface area contributed by atoms with Crippen LogP contribution in [0.5, 0.6) is 5.75 Å². The van der Waals surface area contributed by atoms with Crippen LogP contribution in [0.15, 0.2) is 53.4 Å². The molecule has 0 aliphatic carbocycles. The Hall–Kier alpha value is -1.61. The number of nitrogens with one attached hydrogen (secondary N) is 1. The normalized spacial score (nSPS) is 17.1. The molecule has 0 amide bonds. The Morgan fingerprint density at radius 3 is 2.85 bits per heavy atom.